The molecule has 4 nitrogen and oxygen atoms in total. The van der Waals surface area contributed by atoms with Crippen molar-refractivity contribution in [3.8, 4) is 0 Å². The molecule has 124 valence electrons. The van der Waals surface area contributed by atoms with E-state index in [-0.39, 0.29) is 30.2 Å². The average Bonchev–Trinajstić information content (AvgIpc) is 2.96. The third-order valence-electron chi connectivity index (χ3n) is 4.57. The Morgan fingerprint density at radius 2 is 1.73 bits per heavy atom. The summed E-state index contributed by atoms with van der Waals surface area (Å²) in [5, 5.41) is 3.31. The molecule has 1 N–H and O–H groups in total. The Kier molecular flexibility index (Phi) is 6.98. The summed E-state index contributed by atoms with van der Waals surface area (Å²) in [7, 11) is 0. The number of nitrogens with one attached hydrogen (secondary N) is 1. The van der Waals surface area contributed by atoms with Crippen molar-refractivity contribution in [2.45, 2.75) is 13.3 Å². The highest BCUT2D eigenvalue weighted by Crippen LogP contribution is 2.28. The van der Waals surface area contributed by atoms with Crippen molar-refractivity contribution in [1.82, 2.24) is 10.2 Å². The molecule has 0 aliphatic carbocycles. The van der Waals surface area contributed by atoms with E-state index in [2.05, 4.69) is 41.4 Å². The number of carbonyl (C=O) groups is 1. The Balaban J connectivity index is 0.00000121. The average molecular weight is 346 g/mol. The lowest BCUT2D eigenvalue weighted by Gasteiger charge is -2.39. The van der Waals surface area contributed by atoms with Crippen LogP contribution in [0.15, 0.2) is 30.3 Å². The van der Waals surface area contributed by atoms with Gasteiger partial charge in [0, 0.05) is 38.4 Å². The maximum absolute atomic E-state index is 12.6. The molecule has 3 rings (SSSR count). The lowest BCUT2D eigenvalue weighted by atomic mass is 9.88. The molecule has 1 aromatic rings. The van der Waals surface area contributed by atoms with Gasteiger partial charge in [0.2, 0.25) is 5.91 Å². The minimum Gasteiger partial charge on any atom is -0.368 e. The van der Waals surface area contributed by atoms with Crippen LogP contribution >= 0.6 is 24.8 Å². The molecule has 0 aromatic heterocycles. The molecule has 2 aliphatic heterocycles. The number of hydrogen-bond donors (Lipinski definition) is 1. The van der Waals surface area contributed by atoms with Gasteiger partial charge in [-0.3, -0.25) is 4.79 Å². The predicted molar refractivity (Wildman–Crippen MR) is 95.3 cm³/mol. The quantitative estimate of drug-likeness (QED) is 0.892. The Morgan fingerprint density at radius 3 is 2.27 bits per heavy atom. The van der Waals surface area contributed by atoms with Gasteiger partial charge in [0.25, 0.3) is 0 Å². The fraction of sp³-hybridized carbons (Fsp3) is 0.562. The van der Waals surface area contributed by atoms with Crippen molar-refractivity contribution in [2.24, 2.45) is 5.41 Å². The monoisotopic (exact) mass is 345 g/mol. The van der Waals surface area contributed by atoms with E-state index in [0.717, 1.165) is 45.7 Å². The number of amides is 1. The van der Waals surface area contributed by atoms with Crippen LogP contribution in [0.3, 0.4) is 0 Å². The number of hydrogen-bond acceptors (Lipinski definition) is 3. The minimum absolute atomic E-state index is 0. The van der Waals surface area contributed by atoms with Crippen molar-refractivity contribution in [2.75, 3.05) is 44.2 Å². The Morgan fingerprint density at radius 1 is 1.09 bits per heavy atom. The third kappa shape index (κ3) is 3.86. The molecule has 22 heavy (non-hydrogen) atoms. The van der Waals surface area contributed by atoms with Gasteiger partial charge in [-0.1, -0.05) is 18.2 Å². The van der Waals surface area contributed by atoms with Crippen LogP contribution in [0.1, 0.15) is 13.3 Å². The molecule has 6 heteroatoms. The summed E-state index contributed by atoms with van der Waals surface area (Å²) in [6.07, 6.45) is 0.963. The van der Waals surface area contributed by atoms with Crippen LogP contribution in [0, 0.1) is 5.41 Å². The zero-order valence-corrected chi connectivity index (χ0v) is 14.6. The standard InChI is InChI=1S/C16H23N3O.2ClH/c1-16(7-8-17-13-16)15(20)19-11-9-18(10-12-19)14-5-3-2-4-6-14;;/h2-6,17H,7-13H2,1H3;2*1H. The maximum atomic E-state index is 12.6. The van der Waals surface area contributed by atoms with Gasteiger partial charge in [0.1, 0.15) is 0 Å². The second-order valence-corrected chi connectivity index (χ2v) is 6.10. The summed E-state index contributed by atoms with van der Waals surface area (Å²) in [5.41, 5.74) is 1.07. The summed E-state index contributed by atoms with van der Waals surface area (Å²) in [5.74, 6) is 0.329. The van der Waals surface area contributed by atoms with Gasteiger partial charge in [-0.2, -0.15) is 0 Å². The number of halogens is 2. The molecular formula is C16H25Cl2N3O. The Hall–Kier alpha value is -0.970. The van der Waals surface area contributed by atoms with Gasteiger partial charge in [0.05, 0.1) is 5.41 Å². The van der Waals surface area contributed by atoms with Gasteiger partial charge in [-0.05, 0) is 32.0 Å². The van der Waals surface area contributed by atoms with E-state index in [1.54, 1.807) is 0 Å². The maximum Gasteiger partial charge on any atom is 0.229 e. The molecule has 2 fully saturated rings. The first-order chi connectivity index (χ1) is 9.69. The third-order valence-corrected chi connectivity index (χ3v) is 4.57. The van der Waals surface area contributed by atoms with Gasteiger partial charge in [-0.25, -0.2) is 0 Å². The highest BCUT2D eigenvalue weighted by molar-refractivity contribution is 5.85. The number of anilines is 1. The zero-order valence-electron chi connectivity index (χ0n) is 13.0. The summed E-state index contributed by atoms with van der Waals surface area (Å²) < 4.78 is 0. The molecule has 2 saturated heterocycles. The molecular weight excluding hydrogens is 321 g/mol. The van der Waals surface area contributed by atoms with Gasteiger partial charge >= 0.3 is 0 Å². The van der Waals surface area contributed by atoms with Crippen LogP contribution in [-0.2, 0) is 4.79 Å². The summed E-state index contributed by atoms with van der Waals surface area (Å²) in [4.78, 5) is 17.0. The van der Waals surface area contributed by atoms with Crippen molar-refractivity contribution < 1.29 is 4.79 Å². The SMILES string of the molecule is CC1(C(=O)N2CCN(c3ccccc3)CC2)CCNC1.Cl.Cl. The summed E-state index contributed by atoms with van der Waals surface area (Å²) in [6.45, 7) is 7.42. The molecule has 2 aliphatic rings. The molecule has 1 amide bonds. The second kappa shape index (κ2) is 8.04. The van der Waals surface area contributed by atoms with E-state index < -0.39 is 0 Å². The van der Waals surface area contributed by atoms with E-state index in [1.165, 1.54) is 5.69 Å². The number of nitrogens with zero attached hydrogens (tertiary/aromatic N) is 2. The molecule has 0 bridgehead atoms. The number of piperazine rings is 1. The fourth-order valence-corrected chi connectivity index (χ4v) is 3.19. The number of rotatable bonds is 2. The molecule has 0 spiro atoms. The highest BCUT2D eigenvalue weighted by atomic mass is 35.5. The van der Waals surface area contributed by atoms with Gasteiger partial charge in [-0.15, -0.1) is 24.8 Å². The zero-order chi connectivity index (χ0) is 14.0. The van der Waals surface area contributed by atoms with E-state index in [4.69, 9.17) is 0 Å². The lowest BCUT2D eigenvalue weighted by Crippen LogP contribution is -2.53. The highest BCUT2D eigenvalue weighted by Gasteiger charge is 2.39. The predicted octanol–water partition coefficient (Wildman–Crippen LogP) is 2.18. The fourth-order valence-electron chi connectivity index (χ4n) is 3.19. The first kappa shape index (κ1) is 19.1. The normalized spacial score (nSPS) is 24.4. The van der Waals surface area contributed by atoms with Crippen LogP contribution in [0.2, 0.25) is 0 Å². The molecule has 2 heterocycles. The van der Waals surface area contributed by atoms with Crippen molar-refractivity contribution in [3.05, 3.63) is 30.3 Å². The van der Waals surface area contributed by atoms with Crippen molar-refractivity contribution in [1.29, 1.82) is 0 Å². The topological polar surface area (TPSA) is 35.6 Å². The molecule has 0 saturated carbocycles. The molecule has 1 unspecified atom stereocenters. The van der Waals surface area contributed by atoms with Crippen LogP contribution in [0.5, 0.6) is 0 Å². The second-order valence-electron chi connectivity index (χ2n) is 6.10. The Labute approximate surface area is 145 Å². The van der Waals surface area contributed by atoms with Crippen LogP contribution < -0.4 is 10.2 Å². The first-order valence-corrected chi connectivity index (χ1v) is 7.49. The van der Waals surface area contributed by atoms with E-state index in [1.807, 2.05) is 11.0 Å². The lowest BCUT2D eigenvalue weighted by molar-refractivity contribution is -0.140. The van der Waals surface area contributed by atoms with E-state index in [9.17, 15) is 4.79 Å². The van der Waals surface area contributed by atoms with E-state index >= 15 is 0 Å². The minimum atomic E-state index is -0.186. The number of para-hydroxylation sites is 1. The first-order valence-electron chi connectivity index (χ1n) is 7.49. The van der Waals surface area contributed by atoms with Crippen LogP contribution in [0.25, 0.3) is 0 Å². The van der Waals surface area contributed by atoms with Gasteiger partial charge in [0.15, 0.2) is 0 Å². The van der Waals surface area contributed by atoms with Gasteiger partial charge < -0.3 is 15.1 Å². The van der Waals surface area contributed by atoms with E-state index in [0.29, 0.717) is 5.91 Å². The number of carbonyl (C=O) groups excluding carboxylic acids is 1. The van der Waals surface area contributed by atoms with Crippen LogP contribution in [0.4, 0.5) is 5.69 Å². The smallest absolute Gasteiger partial charge is 0.229 e. The summed E-state index contributed by atoms with van der Waals surface area (Å²) >= 11 is 0. The molecule has 0 radical (unpaired) electrons. The largest absolute Gasteiger partial charge is 0.368 e. The number of benzene rings is 1. The molecule has 1 aromatic carbocycles. The Bertz CT molecular complexity index is 470. The summed E-state index contributed by atoms with van der Waals surface area (Å²) in [6, 6.07) is 10.5. The van der Waals surface area contributed by atoms with Crippen molar-refractivity contribution in [3.63, 3.8) is 0 Å². The van der Waals surface area contributed by atoms with Crippen molar-refractivity contribution >= 4 is 36.4 Å². The van der Waals surface area contributed by atoms with Crippen LogP contribution in [-0.4, -0.2) is 50.1 Å². The molecule has 1 atom stereocenters.